The van der Waals surface area contributed by atoms with Crippen LogP contribution in [0.4, 0.5) is 17.2 Å². The van der Waals surface area contributed by atoms with E-state index in [2.05, 4.69) is 41.3 Å². The van der Waals surface area contributed by atoms with Crippen LogP contribution in [0, 0.1) is 0 Å². The zero-order valence-electron chi connectivity index (χ0n) is 36.4. The van der Waals surface area contributed by atoms with E-state index in [1.807, 2.05) is 59.2 Å². The van der Waals surface area contributed by atoms with Crippen molar-refractivity contribution >= 4 is 86.9 Å². The highest BCUT2D eigenvalue weighted by Crippen LogP contribution is 2.36. The smallest absolute Gasteiger partial charge is 0.264 e. The summed E-state index contributed by atoms with van der Waals surface area (Å²) in [4.78, 5) is 84.5. The summed E-state index contributed by atoms with van der Waals surface area (Å²) in [5, 5.41) is 20.2. The normalized spacial score (nSPS) is 16.4. The third kappa shape index (κ3) is 9.91. The predicted molar refractivity (Wildman–Crippen MR) is 255 cm³/mol. The van der Waals surface area contributed by atoms with Crippen LogP contribution in [0.25, 0.3) is 22.3 Å². The van der Waals surface area contributed by atoms with Crippen LogP contribution in [-0.4, -0.2) is 91.8 Å². The van der Waals surface area contributed by atoms with Crippen molar-refractivity contribution in [3.63, 3.8) is 0 Å². The molecule has 6 amide bonds. The van der Waals surface area contributed by atoms with Crippen LogP contribution in [0.15, 0.2) is 91.3 Å². The lowest BCUT2D eigenvalue weighted by Crippen LogP contribution is -2.54. The molecular weight excluding hydrogens is 896 g/mol. The van der Waals surface area contributed by atoms with Crippen molar-refractivity contribution in [2.24, 2.45) is 0 Å². The SMILES string of the molecule is O=C1CCC(N2C(=O)c3cccc(N4CCC(NC(=O)CCCCCCNc5ccc(C(=O)Nc6cc(-c7ccc8ncn(Cc9c(Cl)cccc9Cl)c8c7)[nH]n6)cc5)CC4)c3C2=O)C(=O)N1. The Kier molecular flexibility index (Phi) is 13.4. The number of fused-ring (bicyclic) bond motifs is 2. The number of hydrogen-bond donors (Lipinski definition) is 5. The Morgan fingerprint density at radius 3 is 2.36 bits per heavy atom. The lowest BCUT2D eigenvalue weighted by atomic mass is 10.0. The highest BCUT2D eigenvalue weighted by molar-refractivity contribution is 6.36. The number of benzene rings is 4. The molecule has 2 saturated heterocycles. The number of aromatic amines is 1. The van der Waals surface area contributed by atoms with Gasteiger partial charge in [0, 0.05) is 77.0 Å². The number of piperidine rings is 2. The van der Waals surface area contributed by atoms with E-state index in [-0.39, 0.29) is 41.8 Å². The Hall–Kier alpha value is -7.04. The number of nitrogens with zero attached hydrogens (tertiary/aromatic N) is 5. The maximum Gasteiger partial charge on any atom is 0.264 e. The maximum absolute atomic E-state index is 13.6. The second kappa shape index (κ2) is 19.8. The molecule has 0 aliphatic carbocycles. The summed E-state index contributed by atoms with van der Waals surface area (Å²) < 4.78 is 1.99. The molecule has 1 unspecified atom stereocenters. The summed E-state index contributed by atoms with van der Waals surface area (Å²) in [6, 6.07) is 24.5. The van der Waals surface area contributed by atoms with Crippen LogP contribution in [-0.2, 0) is 20.9 Å². The molecule has 18 heteroatoms. The van der Waals surface area contributed by atoms with Crippen LogP contribution >= 0.6 is 23.2 Å². The number of nitrogens with one attached hydrogen (secondary N) is 5. The number of rotatable bonds is 16. The van der Waals surface area contributed by atoms with Crippen molar-refractivity contribution in [3.8, 4) is 11.3 Å². The van der Waals surface area contributed by atoms with E-state index in [1.165, 1.54) is 0 Å². The summed E-state index contributed by atoms with van der Waals surface area (Å²) in [6.07, 6.45) is 7.33. The van der Waals surface area contributed by atoms with Gasteiger partial charge < -0.3 is 25.4 Å². The van der Waals surface area contributed by atoms with Crippen molar-refractivity contribution in [2.45, 2.75) is 76.4 Å². The molecule has 6 aromatic rings. The maximum atomic E-state index is 13.6. The van der Waals surface area contributed by atoms with Gasteiger partial charge in [0.1, 0.15) is 6.04 Å². The Bertz CT molecular complexity index is 2870. The molecule has 5 N–H and O–H groups in total. The number of carbonyl (C=O) groups excluding carboxylic acids is 6. The van der Waals surface area contributed by atoms with E-state index in [0.717, 1.165) is 70.7 Å². The molecule has 4 aromatic carbocycles. The summed E-state index contributed by atoms with van der Waals surface area (Å²) >= 11 is 12.9. The largest absolute Gasteiger partial charge is 0.385 e. The molecule has 0 radical (unpaired) electrons. The molecular formula is C49H48Cl2N10O6. The van der Waals surface area contributed by atoms with E-state index < -0.39 is 29.7 Å². The zero-order valence-corrected chi connectivity index (χ0v) is 38.0. The van der Waals surface area contributed by atoms with E-state index in [0.29, 0.717) is 66.0 Å². The fraction of sp³-hybridized carbons (Fsp3) is 0.306. The number of anilines is 3. The Morgan fingerprint density at radius 1 is 0.821 bits per heavy atom. The molecule has 0 bridgehead atoms. The van der Waals surface area contributed by atoms with Crippen LogP contribution < -0.4 is 26.2 Å². The summed E-state index contributed by atoms with van der Waals surface area (Å²) in [5.74, 6) is -1.97. The third-order valence-corrected chi connectivity index (χ3v) is 13.3. The Morgan fingerprint density at radius 2 is 1.58 bits per heavy atom. The minimum atomic E-state index is -1.02. The number of hydrogen-bond acceptors (Lipinski definition) is 10. The number of imide groups is 2. The molecule has 3 aliphatic heterocycles. The standard InChI is InChI=1S/C49H48Cl2N10O6/c50-35-8-6-9-36(51)34(35)27-60-28-53-37-17-14-30(25-41(37)60)38-26-42(58-57-38)55-46(64)29-12-15-31(16-13-29)52-22-4-2-1-3-11-43(62)54-32-20-23-59(24-21-32)39-10-5-7-33-45(39)49(67)61(48(33)66)40-18-19-44(63)56-47(40)65/h5-10,12-17,25-26,28,32,40,52H,1-4,11,18-24,27H2,(H,54,62)(H,56,63,65)(H2,55,57,58,64). The van der Waals surface area contributed by atoms with Crippen molar-refractivity contribution in [1.29, 1.82) is 0 Å². The van der Waals surface area contributed by atoms with Gasteiger partial charge in [-0.05, 0) is 92.8 Å². The predicted octanol–water partition coefficient (Wildman–Crippen LogP) is 7.58. The minimum Gasteiger partial charge on any atom is -0.385 e. The average Bonchev–Trinajstić information content (AvgIpc) is 4.03. The van der Waals surface area contributed by atoms with Gasteiger partial charge in [-0.2, -0.15) is 5.10 Å². The minimum absolute atomic E-state index is 0.00916. The van der Waals surface area contributed by atoms with Crippen LogP contribution in [0.2, 0.25) is 10.0 Å². The lowest BCUT2D eigenvalue weighted by Gasteiger charge is -2.35. The molecule has 9 rings (SSSR count). The lowest BCUT2D eigenvalue weighted by molar-refractivity contribution is -0.136. The molecule has 3 aliphatic rings. The average molecular weight is 944 g/mol. The van der Waals surface area contributed by atoms with E-state index in [4.69, 9.17) is 23.2 Å². The van der Waals surface area contributed by atoms with Gasteiger partial charge in [-0.3, -0.25) is 44.1 Å². The second-order valence-electron chi connectivity index (χ2n) is 17.0. The number of carbonyl (C=O) groups is 6. The van der Waals surface area contributed by atoms with Gasteiger partial charge in [0.2, 0.25) is 17.7 Å². The van der Waals surface area contributed by atoms with Crippen molar-refractivity contribution in [2.75, 3.05) is 35.2 Å². The van der Waals surface area contributed by atoms with Gasteiger partial charge in [0.15, 0.2) is 5.82 Å². The molecule has 2 fully saturated rings. The summed E-state index contributed by atoms with van der Waals surface area (Å²) in [7, 11) is 0. The van der Waals surface area contributed by atoms with Crippen LogP contribution in [0.1, 0.15) is 94.4 Å². The molecule has 0 saturated carbocycles. The fourth-order valence-corrected chi connectivity index (χ4v) is 9.50. The van der Waals surface area contributed by atoms with Crippen molar-refractivity contribution in [3.05, 3.63) is 124 Å². The molecule has 0 spiro atoms. The number of imidazole rings is 1. The van der Waals surface area contributed by atoms with Crippen molar-refractivity contribution in [1.82, 2.24) is 35.3 Å². The van der Waals surface area contributed by atoms with Crippen molar-refractivity contribution < 1.29 is 28.8 Å². The van der Waals surface area contributed by atoms with E-state index >= 15 is 0 Å². The highest BCUT2D eigenvalue weighted by atomic mass is 35.5. The second-order valence-corrected chi connectivity index (χ2v) is 17.9. The first kappa shape index (κ1) is 45.1. The third-order valence-electron chi connectivity index (χ3n) is 12.6. The number of H-pyrrole nitrogens is 1. The first-order chi connectivity index (χ1) is 32.5. The molecule has 16 nitrogen and oxygen atoms in total. The fourth-order valence-electron chi connectivity index (χ4n) is 8.99. The number of unbranched alkanes of at least 4 members (excludes halogenated alkanes) is 3. The van der Waals surface area contributed by atoms with E-state index in [1.54, 1.807) is 36.7 Å². The van der Waals surface area contributed by atoms with Gasteiger partial charge in [0.25, 0.3) is 17.7 Å². The van der Waals surface area contributed by atoms with Gasteiger partial charge in [0.05, 0.1) is 46.4 Å². The topological polar surface area (TPSA) is 204 Å². The van der Waals surface area contributed by atoms with Crippen LogP contribution in [0.3, 0.4) is 0 Å². The van der Waals surface area contributed by atoms with Crippen LogP contribution in [0.5, 0.6) is 0 Å². The number of aromatic nitrogens is 4. The summed E-state index contributed by atoms with van der Waals surface area (Å²) in [6.45, 7) is 2.40. The Labute approximate surface area is 395 Å². The monoisotopic (exact) mass is 942 g/mol. The van der Waals surface area contributed by atoms with Gasteiger partial charge in [-0.1, -0.05) is 54.2 Å². The molecule has 2 aromatic heterocycles. The van der Waals surface area contributed by atoms with Gasteiger partial charge >= 0.3 is 0 Å². The number of amides is 6. The molecule has 5 heterocycles. The molecule has 67 heavy (non-hydrogen) atoms. The first-order valence-corrected chi connectivity index (χ1v) is 23.2. The molecule has 1 atom stereocenters. The highest BCUT2D eigenvalue weighted by Gasteiger charge is 2.46. The van der Waals surface area contributed by atoms with E-state index in [9.17, 15) is 28.8 Å². The number of halogens is 2. The zero-order chi connectivity index (χ0) is 46.6. The first-order valence-electron chi connectivity index (χ1n) is 22.5. The quantitative estimate of drug-likeness (QED) is 0.0476. The summed E-state index contributed by atoms with van der Waals surface area (Å²) in [5.41, 5.74) is 6.72. The molecule has 344 valence electrons. The Balaban J connectivity index is 0.665. The van der Waals surface area contributed by atoms with Gasteiger partial charge in [-0.15, -0.1) is 0 Å². The van der Waals surface area contributed by atoms with Gasteiger partial charge in [-0.25, -0.2) is 4.98 Å².